The van der Waals surface area contributed by atoms with E-state index in [1.54, 1.807) is 16.7 Å². The van der Waals surface area contributed by atoms with Crippen LogP contribution in [0.4, 0.5) is 4.39 Å². The van der Waals surface area contributed by atoms with Crippen molar-refractivity contribution in [3.8, 4) is 11.4 Å². The van der Waals surface area contributed by atoms with E-state index in [0.29, 0.717) is 21.0 Å². The molecule has 0 radical (unpaired) electrons. The van der Waals surface area contributed by atoms with E-state index in [9.17, 15) is 9.18 Å². The molecule has 5 nitrogen and oxygen atoms in total. The molecule has 0 aliphatic heterocycles. The minimum atomic E-state index is -0.922. The number of hydrogen-bond acceptors (Lipinski definition) is 4. The highest BCUT2D eigenvalue weighted by molar-refractivity contribution is 9.10. The van der Waals surface area contributed by atoms with Crippen LogP contribution in [0.15, 0.2) is 27.8 Å². The first kappa shape index (κ1) is 16.0. The number of aromatic nitrogens is 3. The van der Waals surface area contributed by atoms with Crippen molar-refractivity contribution in [1.29, 1.82) is 0 Å². The molecule has 1 aromatic carbocycles. The smallest absolute Gasteiger partial charge is 0.313 e. The highest BCUT2D eigenvalue weighted by atomic mass is 79.9. The molecule has 0 aliphatic rings. The highest BCUT2D eigenvalue weighted by Crippen LogP contribution is 2.29. The molecule has 8 heteroatoms. The second-order valence-electron chi connectivity index (χ2n) is 4.58. The van der Waals surface area contributed by atoms with Crippen LogP contribution < -0.4 is 0 Å². The van der Waals surface area contributed by atoms with E-state index < -0.39 is 5.97 Å². The molecule has 0 bridgehead atoms. The zero-order valence-electron chi connectivity index (χ0n) is 11.4. The van der Waals surface area contributed by atoms with Crippen LogP contribution in [0.1, 0.15) is 19.9 Å². The van der Waals surface area contributed by atoms with Crippen molar-refractivity contribution in [2.45, 2.75) is 25.0 Å². The summed E-state index contributed by atoms with van der Waals surface area (Å²) < 4.78 is 15.9. The summed E-state index contributed by atoms with van der Waals surface area (Å²) in [7, 11) is 0. The lowest BCUT2D eigenvalue weighted by Gasteiger charge is -2.13. The van der Waals surface area contributed by atoms with E-state index >= 15 is 0 Å². The number of carboxylic acids is 1. The Morgan fingerprint density at radius 3 is 2.76 bits per heavy atom. The minimum absolute atomic E-state index is 0.0259. The van der Waals surface area contributed by atoms with Crippen molar-refractivity contribution in [1.82, 2.24) is 14.8 Å². The summed E-state index contributed by atoms with van der Waals surface area (Å²) in [6.07, 6.45) is 0. The molecule has 0 aliphatic carbocycles. The lowest BCUT2D eigenvalue weighted by Crippen LogP contribution is -2.07. The number of aliphatic carboxylic acids is 1. The van der Waals surface area contributed by atoms with Gasteiger partial charge in [0.2, 0.25) is 0 Å². The molecule has 21 heavy (non-hydrogen) atoms. The number of rotatable bonds is 5. The van der Waals surface area contributed by atoms with Gasteiger partial charge < -0.3 is 5.11 Å². The largest absolute Gasteiger partial charge is 0.481 e. The Morgan fingerprint density at radius 2 is 2.19 bits per heavy atom. The minimum Gasteiger partial charge on any atom is -0.481 e. The predicted molar refractivity (Wildman–Crippen MR) is 81.9 cm³/mol. The Kier molecular flexibility index (Phi) is 5.00. The monoisotopic (exact) mass is 373 g/mol. The summed E-state index contributed by atoms with van der Waals surface area (Å²) in [5, 5.41) is 17.4. The van der Waals surface area contributed by atoms with E-state index in [1.165, 1.54) is 6.07 Å². The van der Waals surface area contributed by atoms with Crippen LogP contribution in [0.25, 0.3) is 11.4 Å². The van der Waals surface area contributed by atoms with Crippen LogP contribution in [0.2, 0.25) is 0 Å². The molecular formula is C13H13BrFN3O2S. The third-order valence-corrected chi connectivity index (χ3v) is 4.25. The molecule has 0 saturated carbocycles. The van der Waals surface area contributed by atoms with Crippen LogP contribution in [-0.4, -0.2) is 31.6 Å². The van der Waals surface area contributed by atoms with E-state index in [4.69, 9.17) is 5.11 Å². The van der Waals surface area contributed by atoms with Crippen LogP contribution >= 0.6 is 27.7 Å². The number of nitrogens with zero attached hydrogens (tertiary/aromatic N) is 3. The van der Waals surface area contributed by atoms with Crippen LogP contribution in [0, 0.1) is 5.82 Å². The second-order valence-corrected chi connectivity index (χ2v) is 6.38. The Morgan fingerprint density at radius 1 is 1.48 bits per heavy atom. The van der Waals surface area contributed by atoms with Crippen molar-refractivity contribution in [2.24, 2.45) is 0 Å². The fraction of sp³-hybridized carbons (Fsp3) is 0.308. The maximum absolute atomic E-state index is 13.7. The number of carboxylic acid groups (broad SMARTS) is 1. The van der Waals surface area contributed by atoms with Gasteiger partial charge in [-0.1, -0.05) is 11.8 Å². The first-order chi connectivity index (χ1) is 9.90. The fourth-order valence-electron chi connectivity index (χ4n) is 1.80. The van der Waals surface area contributed by atoms with E-state index in [0.717, 1.165) is 11.8 Å². The summed E-state index contributed by atoms with van der Waals surface area (Å²) >= 11 is 4.20. The number of thioether (sulfide) groups is 1. The summed E-state index contributed by atoms with van der Waals surface area (Å²) in [5.74, 6) is -0.885. The number of carbonyl (C=O) groups is 1. The van der Waals surface area contributed by atoms with Crippen molar-refractivity contribution in [3.05, 3.63) is 28.5 Å². The maximum Gasteiger partial charge on any atom is 0.313 e. The first-order valence-electron chi connectivity index (χ1n) is 6.15. The molecule has 0 unspecified atom stereocenters. The van der Waals surface area contributed by atoms with Gasteiger partial charge in [-0.25, -0.2) is 4.39 Å². The number of hydrogen-bond donors (Lipinski definition) is 1. The average molecular weight is 374 g/mol. The summed E-state index contributed by atoms with van der Waals surface area (Å²) in [4.78, 5) is 10.7. The molecule has 0 spiro atoms. The molecule has 1 N–H and O–H groups in total. The number of halogens is 2. The van der Waals surface area contributed by atoms with E-state index in [2.05, 4.69) is 26.1 Å². The first-order valence-corrected chi connectivity index (χ1v) is 7.93. The van der Waals surface area contributed by atoms with Gasteiger partial charge in [0.25, 0.3) is 0 Å². The van der Waals surface area contributed by atoms with Crippen molar-refractivity contribution in [3.63, 3.8) is 0 Å². The van der Waals surface area contributed by atoms with Gasteiger partial charge in [-0.15, -0.1) is 10.2 Å². The molecule has 0 amide bonds. The summed E-state index contributed by atoms with van der Waals surface area (Å²) in [6, 6.07) is 4.74. The van der Waals surface area contributed by atoms with Crippen molar-refractivity contribution < 1.29 is 14.3 Å². The molecule has 1 aromatic heterocycles. The van der Waals surface area contributed by atoms with Gasteiger partial charge in [-0.3, -0.25) is 9.36 Å². The SMILES string of the molecule is CC(C)n1c(SCC(=O)O)nnc1-c1ccc(Br)c(F)c1. The van der Waals surface area contributed by atoms with Crippen LogP contribution in [0.3, 0.4) is 0 Å². The Hall–Kier alpha value is -1.41. The van der Waals surface area contributed by atoms with E-state index in [1.807, 2.05) is 13.8 Å². The Labute approximate surface area is 133 Å². The summed E-state index contributed by atoms with van der Waals surface area (Å²) in [5.41, 5.74) is 0.596. The Balaban J connectivity index is 2.43. The highest BCUT2D eigenvalue weighted by Gasteiger charge is 2.18. The molecule has 112 valence electrons. The van der Waals surface area contributed by atoms with E-state index in [-0.39, 0.29) is 17.6 Å². The zero-order valence-corrected chi connectivity index (χ0v) is 13.8. The topological polar surface area (TPSA) is 68.0 Å². The maximum atomic E-state index is 13.7. The summed E-state index contributed by atoms with van der Waals surface area (Å²) in [6.45, 7) is 3.87. The van der Waals surface area contributed by atoms with Gasteiger partial charge in [-0.2, -0.15) is 0 Å². The van der Waals surface area contributed by atoms with Gasteiger partial charge in [0.15, 0.2) is 11.0 Å². The molecular weight excluding hydrogens is 361 g/mol. The fourth-order valence-corrected chi connectivity index (χ4v) is 2.83. The average Bonchev–Trinajstić information content (AvgIpc) is 2.83. The van der Waals surface area contributed by atoms with Crippen molar-refractivity contribution >= 4 is 33.7 Å². The number of benzene rings is 1. The Bertz CT molecular complexity index is 675. The van der Waals surface area contributed by atoms with Crippen molar-refractivity contribution in [2.75, 3.05) is 5.75 Å². The molecule has 0 atom stereocenters. The van der Waals surface area contributed by atoms with Gasteiger partial charge in [0.1, 0.15) is 5.82 Å². The zero-order chi connectivity index (χ0) is 15.6. The van der Waals surface area contributed by atoms with Gasteiger partial charge in [0, 0.05) is 11.6 Å². The molecule has 2 aromatic rings. The molecule has 2 rings (SSSR count). The van der Waals surface area contributed by atoms with Crippen LogP contribution in [-0.2, 0) is 4.79 Å². The normalized spacial score (nSPS) is 11.1. The molecule has 0 saturated heterocycles. The standard InChI is InChI=1S/C13H13BrFN3O2S/c1-7(2)18-12(8-3-4-9(14)10(15)5-8)16-17-13(18)21-6-11(19)20/h3-5,7H,6H2,1-2H3,(H,19,20). The third kappa shape index (κ3) is 3.62. The van der Waals surface area contributed by atoms with Gasteiger partial charge in [0.05, 0.1) is 10.2 Å². The quantitative estimate of drug-likeness (QED) is 0.810. The molecule has 1 heterocycles. The third-order valence-electron chi connectivity index (χ3n) is 2.68. The molecule has 0 fully saturated rings. The van der Waals surface area contributed by atoms with Gasteiger partial charge in [-0.05, 0) is 48.0 Å². The lowest BCUT2D eigenvalue weighted by molar-refractivity contribution is -0.133. The van der Waals surface area contributed by atoms with Crippen LogP contribution in [0.5, 0.6) is 0 Å². The predicted octanol–water partition coefficient (Wildman–Crippen LogP) is 3.60. The second kappa shape index (κ2) is 6.57. The lowest BCUT2D eigenvalue weighted by atomic mass is 10.2. The van der Waals surface area contributed by atoms with Gasteiger partial charge >= 0.3 is 5.97 Å².